The molecule has 78 valence electrons. The van der Waals surface area contributed by atoms with Gasteiger partial charge in [0.05, 0.1) is 0 Å². The lowest BCUT2D eigenvalue weighted by Crippen LogP contribution is -1.96. The third-order valence-electron chi connectivity index (χ3n) is 2.43. The second-order valence-electron chi connectivity index (χ2n) is 3.44. The number of aromatic nitrogens is 2. The molecule has 0 saturated heterocycles. The lowest BCUT2D eigenvalue weighted by molar-refractivity contribution is 1.07. The minimum absolute atomic E-state index is 0.545. The van der Waals surface area contributed by atoms with Crippen LogP contribution in [0.25, 0.3) is 11.4 Å². The van der Waals surface area contributed by atoms with Crippen LogP contribution in [0, 0.1) is 20.8 Å². The first-order valence-electron chi connectivity index (χ1n) is 4.65. The molecule has 0 aliphatic heterocycles. The molecule has 2 aromatic rings. The highest BCUT2D eigenvalue weighted by atomic mass is 35.5. The third kappa shape index (κ3) is 1.90. The summed E-state index contributed by atoms with van der Waals surface area (Å²) < 4.78 is 0. The van der Waals surface area contributed by atoms with Gasteiger partial charge >= 0.3 is 0 Å². The van der Waals surface area contributed by atoms with Crippen molar-refractivity contribution >= 4 is 22.9 Å². The molecule has 2 rings (SSSR count). The van der Waals surface area contributed by atoms with Crippen molar-refractivity contribution in [3.8, 4) is 11.4 Å². The molecule has 0 bridgehead atoms. The lowest BCUT2D eigenvalue weighted by Gasteiger charge is -2.05. The maximum atomic E-state index is 6.04. The number of hydrogen-bond donors (Lipinski definition) is 0. The quantitative estimate of drug-likeness (QED) is 0.707. The van der Waals surface area contributed by atoms with Gasteiger partial charge in [0, 0.05) is 21.7 Å². The Balaban J connectivity index is 2.60. The minimum atomic E-state index is 0.545. The van der Waals surface area contributed by atoms with Crippen molar-refractivity contribution < 1.29 is 0 Å². The minimum Gasteiger partial charge on any atom is -0.233 e. The number of hydrogen-bond acceptors (Lipinski definition) is 3. The molecule has 0 radical (unpaired) electrons. The highest BCUT2D eigenvalue weighted by molar-refractivity contribution is 7.10. The molecule has 0 unspecified atom stereocenters. The second kappa shape index (κ2) is 3.91. The molecule has 0 aromatic carbocycles. The molecular weight excluding hydrogens is 228 g/mol. The Labute approximate surface area is 98.0 Å². The summed E-state index contributed by atoms with van der Waals surface area (Å²) in [5.74, 6) is 0.724. The van der Waals surface area contributed by atoms with Crippen molar-refractivity contribution in [2.45, 2.75) is 20.8 Å². The van der Waals surface area contributed by atoms with Gasteiger partial charge in [-0.05, 0) is 32.2 Å². The topological polar surface area (TPSA) is 25.8 Å². The van der Waals surface area contributed by atoms with E-state index in [-0.39, 0.29) is 0 Å². The van der Waals surface area contributed by atoms with E-state index in [1.807, 2.05) is 25.3 Å². The molecule has 0 N–H and O–H groups in total. The van der Waals surface area contributed by atoms with E-state index >= 15 is 0 Å². The molecule has 2 nitrogen and oxygen atoms in total. The average Bonchev–Trinajstić information content (AvgIpc) is 2.60. The smallest absolute Gasteiger partial charge is 0.162 e. The molecular formula is C11H11ClN2S. The molecule has 4 heteroatoms. The van der Waals surface area contributed by atoms with E-state index in [9.17, 15) is 0 Å². The summed E-state index contributed by atoms with van der Waals surface area (Å²) in [4.78, 5) is 9.96. The van der Waals surface area contributed by atoms with Crippen LogP contribution in [0.1, 0.15) is 16.1 Å². The van der Waals surface area contributed by atoms with Crippen LogP contribution in [0.2, 0.25) is 5.15 Å². The molecule has 0 fully saturated rings. The van der Waals surface area contributed by atoms with E-state index in [1.54, 1.807) is 11.3 Å². The molecule has 2 aromatic heterocycles. The van der Waals surface area contributed by atoms with Crippen molar-refractivity contribution in [3.05, 3.63) is 32.7 Å². The van der Waals surface area contributed by atoms with Crippen LogP contribution in [0.15, 0.2) is 11.4 Å². The van der Waals surface area contributed by atoms with Crippen molar-refractivity contribution in [3.63, 3.8) is 0 Å². The number of halogens is 1. The Morgan fingerprint density at radius 1 is 1.20 bits per heavy atom. The number of aryl methyl sites for hydroxylation is 2. The van der Waals surface area contributed by atoms with Gasteiger partial charge in [0.2, 0.25) is 0 Å². The molecule has 0 saturated carbocycles. The highest BCUT2D eigenvalue weighted by Crippen LogP contribution is 2.27. The normalized spacial score (nSPS) is 10.7. The molecule has 0 atom stereocenters. The molecule has 0 aliphatic rings. The Hall–Kier alpha value is -0.930. The Morgan fingerprint density at radius 3 is 2.47 bits per heavy atom. The standard InChI is InChI=1S/C11H11ClN2S/c1-6-7(2)13-11(14-10(6)12)9-4-5-15-8(9)3/h4-5H,1-3H3. The summed E-state index contributed by atoms with van der Waals surface area (Å²) in [6.45, 7) is 5.95. The van der Waals surface area contributed by atoms with Gasteiger partial charge in [-0.1, -0.05) is 11.6 Å². The summed E-state index contributed by atoms with van der Waals surface area (Å²) in [5, 5.41) is 2.58. The van der Waals surface area contributed by atoms with Crippen molar-refractivity contribution in [2.24, 2.45) is 0 Å². The molecule has 2 heterocycles. The zero-order valence-electron chi connectivity index (χ0n) is 8.84. The second-order valence-corrected chi connectivity index (χ2v) is 4.92. The van der Waals surface area contributed by atoms with Gasteiger partial charge in [0.15, 0.2) is 5.82 Å². The predicted molar refractivity (Wildman–Crippen MR) is 64.6 cm³/mol. The van der Waals surface area contributed by atoms with Crippen LogP contribution < -0.4 is 0 Å². The summed E-state index contributed by atoms with van der Waals surface area (Å²) in [6, 6.07) is 2.03. The van der Waals surface area contributed by atoms with Gasteiger partial charge in [-0.15, -0.1) is 11.3 Å². The van der Waals surface area contributed by atoms with Gasteiger partial charge in [-0.2, -0.15) is 0 Å². The fourth-order valence-electron chi connectivity index (χ4n) is 1.33. The monoisotopic (exact) mass is 238 g/mol. The largest absolute Gasteiger partial charge is 0.233 e. The van der Waals surface area contributed by atoms with Crippen LogP contribution in [-0.4, -0.2) is 9.97 Å². The average molecular weight is 239 g/mol. The van der Waals surface area contributed by atoms with Gasteiger partial charge in [0.25, 0.3) is 0 Å². The fraction of sp³-hybridized carbons (Fsp3) is 0.273. The Bertz CT molecular complexity index is 482. The van der Waals surface area contributed by atoms with Crippen LogP contribution >= 0.6 is 22.9 Å². The molecule has 0 aliphatic carbocycles. The number of thiophene rings is 1. The first kappa shape index (κ1) is 10.6. The van der Waals surface area contributed by atoms with Gasteiger partial charge in [-0.3, -0.25) is 0 Å². The van der Waals surface area contributed by atoms with E-state index in [2.05, 4.69) is 16.9 Å². The Morgan fingerprint density at radius 2 is 1.93 bits per heavy atom. The van der Waals surface area contributed by atoms with E-state index in [0.717, 1.165) is 22.6 Å². The van der Waals surface area contributed by atoms with Crippen molar-refractivity contribution in [1.82, 2.24) is 9.97 Å². The van der Waals surface area contributed by atoms with Gasteiger partial charge < -0.3 is 0 Å². The summed E-state index contributed by atoms with van der Waals surface area (Å²) in [7, 11) is 0. The predicted octanol–water partition coefficient (Wildman–Crippen LogP) is 3.78. The summed E-state index contributed by atoms with van der Waals surface area (Å²) in [6.07, 6.45) is 0. The highest BCUT2D eigenvalue weighted by Gasteiger charge is 2.10. The maximum absolute atomic E-state index is 6.04. The van der Waals surface area contributed by atoms with Crippen LogP contribution in [0.4, 0.5) is 0 Å². The van der Waals surface area contributed by atoms with E-state index in [1.165, 1.54) is 4.88 Å². The van der Waals surface area contributed by atoms with Gasteiger partial charge in [0.1, 0.15) is 5.15 Å². The zero-order valence-corrected chi connectivity index (χ0v) is 10.4. The van der Waals surface area contributed by atoms with Gasteiger partial charge in [-0.25, -0.2) is 9.97 Å². The lowest BCUT2D eigenvalue weighted by atomic mass is 10.2. The summed E-state index contributed by atoms with van der Waals surface area (Å²) in [5.41, 5.74) is 2.97. The Kier molecular flexibility index (Phi) is 2.76. The van der Waals surface area contributed by atoms with E-state index in [0.29, 0.717) is 5.15 Å². The fourth-order valence-corrected chi connectivity index (χ4v) is 2.24. The van der Waals surface area contributed by atoms with Crippen LogP contribution in [0.3, 0.4) is 0 Å². The summed E-state index contributed by atoms with van der Waals surface area (Å²) >= 11 is 7.73. The van der Waals surface area contributed by atoms with Crippen molar-refractivity contribution in [1.29, 1.82) is 0 Å². The molecule has 0 amide bonds. The maximum Gasteiger partial charge on any atom is 0.162 e. The van der Waals surface area contributed by atoms with Crippen LogP contribution in [0.5, 0.6) is 0 Å². The zero-order chi connectivity index (χ0) is 11.0. The number of rotatable bonds is 1. The molecule has 0 spiro atoms. The van der Waals surface area contributed by atoms with E-state index < -0.39 is 0 Å². The van der Waals surface area contributed by atoms with E-state index in [4.69, 9.17) is 11.6 Å². The number of nitrogens with zero attached hydrogens (tertiary/aromatic N) is 2. The first-order valence-corrected chi connectivity index (χ1v) is 5.90. The third-order valence-corrected chi connectivity index (χ3v) is 3.64. The first-order chi connectivity index (χ1) is 7.09. The SMILES string of the molecule is Cc1nc(-c2ccsc2C)nc(Cl)c1C. The van der Waals surface area contributed by atoms with Crippen molar-refractivity contribution in [2.75, 3.05) is 0 Å². The molecule has 15 heavy (non-hydrogen) atoms. The van der Waals surface area contributed by atoms with Crippen LogP contribution in [-0.2, 0) is 0 Å².